The Kier molecular flexibility index (Phi) is 2.82. The monoisotopic (exact) mass is 163 g/mol. The predicted octanol–water partition coefficient (Wildman–Crippen LogP) is 1.26. The van der Waals surface area contributed by atoms with E-state index in [9.17, 15) is 9.90 Å². The smallest absolute Gasteiger partial charge is 0.256 e. The van der Waals surface area contributed by atoms with Crippen LogP contribution in [0.2, 0.25) is 0 Å². The molecule has 0 saturated heterocycles. The summed E-state index contributed by atoms with van der Waals surface area (Å²) in [4.78, 5) is 10.8. The van der Waals surface area contributed by atoms with E-state index in [1.807, 2.05) is 6.07 Å². The van der Waals surface area contributed by atoms with Crippen LogP contribution in [-0.2, 0) is 9.90 Å². The fourth-order valence-corrected chi connectivity index (χ4v) is 0.744. The van der Waals surface area contributed by atoms with Crippen LogP contribution < -0.4 is 5.32 Å². The molecular weight excluding hydrogens is 154 g/mol. The molecule has 0 saturated carbocycles. The SMILES string of the molecule is [CH2]C([O])C(=O)Nc1ccccc1. The van der Waals surface area contributed by atoms with Gasteiger partial charge in [0.1, 0.15) is 0 Å². The van der Waals surface area contributed by atoms with Gasteiger partial charge in [0.05, 0.1) is 0 Å². The van der Waals surface area contributed by atoms with Crippen LogP contribution in [0.3, 0.4) is 0 Å². The van der Waals surface area contributed by atoms with Gasteiger partial charge in [0.25, 0.3) is 5.91 Å². The molecule has 1 unspecified atom stereocenters. The normalized spacial score (nSPS) is 12.2. The summed E-state index contributed by atoms with van der Waals surface area (Å²) < 4.78 is 0. The van der Waals surface area contributed by atoms with Crippen LogP contribution in [0.15, 0.2) is 30.3 Å². The molecule has 1 N–H and O–H groups in total. The molecule has 2 radical (unpaired) electrons. The minimum Gasteiger partial charge on any atom is -0.324 e. The first-order valence-corrected chi connectivity index (χ1v) is 3.55. The molecular formula is C9H9NO2. The van der Waals surface area contributed by atoms with E-state index in [4.69, 9.17) is 0 Å². The van der Waals surface area contributed by atoms with Crippen molar-refractivity contribution < 1.29 is 9.90 Å². The molecule has 0 aliphatic carbocycles. The minimum absolute atomic E-state index is 0.610. The largest absolute Gasteiger partial charge is 0.324 e. The Balaban J connectivity index is 2.59. The first-order chi connectivity index (χ1) is 5.70. The maximum atomic E-state index is 10.8. The fraction of sp³-hybridized carbons (Fsp3) is 0.111. The van der Waals surface area contributed by atoms with Gasteiger partial charge < -0.3 is 5.32 Å². The highest BCUT2D eigenvalue weighted by molar-refractivity contribution is 5.94. The second-order valence-electron chi connectivity index (χ2n) is 2.34. The number of amides is 1. The molecule has 1 aromatic carbocycles. The van der Waals surface area contributed by atoms with Gasteiger partial charge in [-0.25, -0.2) is 5.11 Å². The third-order valence-electron chi connectivity index (χ3n) is 1.33. The Labute approximate surface area is 71.0 Å². The lowest BCUT2D eigenvalue weighted by Crippen LogP contribution is -2.23. The summed E-state index contributed by atoms with van der Waals surface area (Å²) in [5.74, 6) is -0.610. The van der Waals surface area contributed by atoms with Gasteiger partial charge in [0.2, 0.25) is 0 Å². The van der Waals surface area contributed by atoms with Gasteiger partial charge in [0.15, 0.2) is 6.10 Å². The van der Waals surface area contributed by atoms with E-state index in [2.05, 4.69) is 12.2 Å². The lowest BCUT2D eigenvalue weighted by Gasteiger charge is -2.04. The molecule has 1 atom stereocenters. The number of benzene rings is 1. The lowest BCUT2D eigenvalue weighted by molar-refractivity contribution is -0.124. The van der Waals surface area contributed by atoms with E-state index in [0.717, 1.165) is 0 Å². The maximum Gasteiger partial charge on any atom is 0.256 e. The summed E-state index contributed by atoms with van der Waals surface area (Å²) in [6, 6.07) is 8.80. The number of hydrogen-bond acceptors (Lipinski definition) is 1. The molecule has 0 fully saturated rings. The second kappa shape index (κ2) is 3.88. The molecule has 0 bridgehead atoms. The summed E-state index contributed by atoms with van der Waals surface area (Å²) in [6.45, 7) is 3.07. The Morgan fingerprint density at radius 3 is 2.42 bits per heavy atom. The number of para-hydroxylation sites is 1. The fourth-order valence-electron chi connectivity index (χ4n) is 0.744. The van der Waals surface area contributed by atoms with Crippen LogP contribution in [0, 0.1) is 6.92 Å². The van der Waals surface area contributed by atoms with Crippen molar-refractivity contribution in [2.75, 3.05) is 5.32 Å². The van der Waals surface area contributed by atoms with Crippen LogP contribution in [0.1, 0.15) is 0 Å². The van der Waals surface area contributed by atoms with Crippen molar-refractivity contribution in [2.45, 2.75) is 6.10 Å². The first-order valence-electron chi connectivity index (χ1n) is 3.55. The van der Waals surface area contributed by atoms with Crippen molar-refractivity contribution in [3.05, 3.63) is 37.3 Å². The third-order valence-corrected chi connectivity index (χ3v) is 1.33. The van der Waals surface area contributed by atoms with Crippen molar-refractivity contribution >= 4 is 11.6 Å². The molecule has 12 heavy (non-hydrogen) atoms. The van der Waals surface area contributed by atoms with Crippen molar-refractivity contribution in [3.8, 4) is 0 Å². The van der Waals surface area contributed by atoms with Gasteiger partial charge in [-0.2, -0.15) is 0 Å². The Morgan fingerprint density at radius 2 is 1.92 bits per heavy atom. The van der Waals surface area contributed by atoms with Gasteiger partial charge in [0, 0.05) is 5.69 Å². The highest BCUT2D eigenvalue weighted by atomic mass is 16.3. The van der Waals surface area contributed by atoms with Crippen molar-refractivity contribution in [2.24, 2.45) is 0 Å². The standard InChI is InChI=1S/C9H9NO2/c1-7(11)9(12)10-8-5-3-2-4-6-8/h2-7H,1H2,(H,10,12). The average molecular weight is 163 g/mol. The van der Waals surface area contributed by atoms with Gasteiger partial charge in [-0.1, -0.05) is 18.2 Å². The molecule has 3 heteroatoms. The predicted molar refractivity (Wildman–Crippen MR) is 44.9 cm³/mol. The zero-order valence-electron chi connectivity index (χ0n) is 6.49. The summed E-state index contributed by atoms with van der Waals surface area (Å²) >= 11 is 0. The summed E-state index contributed by atoms with van der Waals surface area (Å²) in [6.07, 6.45) is -1.47. The third kappa shape index (κ3) is 2.36. The highest BCUT2D eigenvalue weighted by Crippen LogP contribution is 2.04. The van der Waals surface area contributed by atoms with Gasteiger partial charge in [-0.05, 0) is 19.1 Å². The number of carbonyl (C=O) groups is 1. The molecule has 1 amide bonds. The number of nitrogens with one attached hydrogen (secondary N) is 1. The first kappa shape index (κ1) is 8.74. The summed E-state index contributed by atoms with van der Waals surface area (Å²) in [5, 5.41) is 12.9. The zero-order valence-corrected chi connectivity index (χ0v) is 6.49. The van der Waals surface area contributed by atoms with Crippen molar-refractivity contribution in [1.82, 2.24) is 0 Å². The van der Waals surface area contributed by atoms with Gasteiger partial charge in [-0.3, -0.25) is 4.79 Å². The van der Waals surface area contributed by atoms with Crippen LogP contribution in [0.25, 0.3) is 0 Å². The Morgan fingerprint density at radius 1 is 1.33 bits per heavy atom. The van der Waals surface area contributed by atoms with E-state index in [1.165, 1.54) is 0 Å². The zero-order chi connectivity index (χ0) is 8.97. The van der Waals surface area contributed by atoms with Crippen LogP contribution in [0.5, 0.6) is 0 Å². The topological polar surface area (TPSA) is 49.0 Å². The van der Waals surface area contributed by atoms with Crippen LogP contribution in [-0.4, -0.2) is 12.0 Å². The molecule has 3 nitrogen and oxygen atoms in total. The number of rotatable bonds is 2. The number of carbonyl (C=O) groups excluding carboxylic acids is 1. The van der Waals surface area contributed by atoms with Crippen molar-refractivity contribution in [3.63, 3.8) is 0 Å². The molecule has 1 aromatic rings. The van der Waals surface area contributed by atoms with Crippen LogP contribution in [0.4, 0.5) is 5.69 Å². The van der Waals surface area contributed by atoms with E-state index < -0.39 is 12.0 Å². The van der Waals surface area contributed by atoms with Crippen LogP contribution >= 0.6 is 0 Å². The van der Waals surface area contributed by atoms with E-state index in [1.54, 1.807) is 24.3 Å². The van der Waals surface area contributed by atoms with E-state index in [-0.39, 0.29) is 0 Å². The van der Waals surface area contributed by atoms with Crippen molar-refractivity contribution in [1.29, 1.82) is 0 Å². The average Bonchev–Trinajstić information content (AvgIpc) is 2.06. The highest BCUT2D eigenvalue weighted by Gasteiger charge is 2.09. The lowest BCUT2D eigenvalue weighted by atomic mass is 10.3. The maximum absolute atomic E-state index is 10.8. The summed E-state index contributed by atoms with van der Waals surface area (Å²) in [7, 11) is 0. The molecule has 0 aliphatic rings. The molecule has 62 valence electrons. The van der Waals surface area contributed by atoms with E-state index in [0.29, 0.717) is 5.69 Å². The van der Waals surface area contributed by atoms with Gasteiger partial charge >= 0.3 is 0 Å². The molecule has 0 heterocycles. The van der Waals surface area contributed by atoms with E-state index >= 15 is 0 Å². The molecule has 0 aliphatic heterocycles. The quantitative estimate of drug-likeness (QED) is 0.701. The molecule has 0 spiro atoms. The van der Waals surface area contributed by atoms with Gasteiger partial charge in [-0.15, -0.1) is 0 Å². The molecule has 1 rings (SSSR count). The molecule has 0 aromatic heterocycles. The number of hydrogen-bond donors (Lipinski definition) is 1. The Hall–Kier alpha value is -1.35. The second-order valence-corrected chi connectivity index (χ2v) is 2.34. The Bertz CT molecular complexity index is 256. The summed E-state index contributed by atoms with van der Waals surface area (Å²) in [5.41, 5.74) is 0.618. The minimum atomic E-state index is -1.47. The number of anilines is 1.